The molecule has 148 valence electrons. The van der Waals surface area contributed by atoms with Gasteiger partial charge in [0.2, 0.25) is 0 Å². The molecule has 3 heterocycles. The molecule has 0 spiro atoms. The highest BCUT2D eigenvalue weighted by Crippen LogP contribution is 2.37. The third-order valence-electron chi connectivity index (χ3n) is 5.18. The molecule has 2 aromatic rings. The van der Waals surface area contributed by atoms with Crippen molar-refractivity contribution in [3.63, 3.8) is 0 Å². The molecular weight excluding hydrogens is 362 g/mol. The van der Waals surface area contributed by atoms with E-state index < -0.39 is 23.9 Å². The summed E-state index contributed by atoms with van der Waals surface area (Å²) in [5, 5.41) is 15.7. The lowest BCUT2D eigenvalue weighted by Crippen LogP contribution is -2.41. The Kier molecular flexibility index (Phi) is 5.14. The number of aromatic nitrogens is 2. The zero-order valence-corrected chi connectivity index (χ0v) is 18.4. The molecule has 0 radical (unpaired) electrons. The Labute approximate surface area is 163 Å². The Morgan fingerprint density at radius 1 is 1.22 bits per heavy atom. The van der Waals surface area contributed by atoms with Crippen molar-refractivity contribution in [2.24, 2.45) is 0 Å². The molecule has 8 heteroatoms. The first kappa shape index (κ1) is 20.6. The van der Waals surface area contributed by atoms with E-state index in [0.29, 0.717) is 5.75 Å². The molecule has 2 aromatic heterocycles. The lowest BCUT2D eigenvalue weighted by molar-refractivity contribution is 0.00578. The number of hydrogen-bond donors (Lipinski definition) is 1. The molecule has 27 heavy (non-hydrogen) atoms. The molecule has 0 unspecified atom stereocenters. The minimum Gasteiger partial charge on any atom is -0.489 e. The molecule has 3 rings (SSSR count). The normalized spacial score (nSPS) is 19.3. The maximum atomic E-state index is 9.99. The minimum atomic E-state index is -0.921. The van der Waals surface area contributed by atoms with Crippen molar-refractivity contribution in [1.82, 2.24) is 9.61 Å². The van der Waals surface area contributed by atoms with Gasteiger partial charge in [-0.1, -0.05) is 7.92 Å². The fraction of sp³-hybridized carbons (Fsp3) is 0.632. The number of fused-ring (bicyclic) bond motifs is 1. The summed E-state index contributed by atoms with van der Waals surface area (Å²) in [6.45, 7) is 16.2. The van der Waals surface area contributed by atoms with Crippen LogP contribution in [0.3, 0.4) is 0 Å². The molecule has 1 aliphatic heterocycles. The summed E-state index contributed by atoms with van der Waals surface area (Å²) in [7, 11) is -0.854. The standard InChI is InChI=1S/C19H30BN2O4P/c1-17(2,23)12-24-13-9-14(20-25-18(3,4)19(5,6)26-20)16-15(27(7)8)10-21-22(16)11-13/h9-11,23H,12H2,1-8H3. The van der Waals surface area contributed by atoms with E-state index in [-0.39, 0.29) is 14.5 Å². The second-order valence-electron chi connectivity index (χ2n) is 9.04. The van der Waals surface area contributed by atoms with E-state index in [1.165, 1.54) is 5.30 Å². The van der Waals surface area contributed by atoms with E-state index in [2.05, 4.69) is 18.4 Å². The molecule has 1 aliphatic rings. The van der Waals surface area contributed by atoms with Crippen molar-refractivity contribution >= 4 is 31.3 Å². The van der Waals surface area contributed by atoms with Crippen molar-refractivity contribution in [3.8, 4) is 5.75 Å². The molecule has 0 aromatic carbocycles. The van der Waals surface area contributed by atoms with E-state index in [1.54, 1.807) is 13.8 Å². The van der Waals surface area contributed by atoms with Crippen molar-refractivity contribution in [2.45, 2.75) is 58.3 Å². The number of rotatable bonds is 5. The molecule has 1 N–H and O–H groups in total. The molecule has 6 nitrogen and oxygen atoms in total. The van der Waals surface area contributed by atoms with Crippen LogP contribution in [0.5, 0.6) is 5.75 Å². The van der Waals surface area contributed by atoms with Crippen LogP contribution in [0.2, 0.25) is 0 Å². The minimum absolute atomic E-state index is 0.184. The number of hydrogen-bond acceptors (Lipinski definition) is 5. The molecular formula is C19H30BN2O4P. The summed E-state index contributed by atoms with van der Waals surface area (Å²) >= 11 is 0. The fourth-order valence-electron chi connectivity index (χ4n) is 2.93. The van der Waals surface area contributed by atoms with Crippen LogP contribution in [0.4, 0.5) is 0 Å². The van der Waals surface area contributed by atoms with Gasteiger partial charge in [0, 0.05) is 10.8 Å². The Morgan fingerprint density at radius 2 is 1.81 bits per heavy atom. The average Bonchev–Trinajstić information content (AvgIpc) is 3.02. The van der Waals surface area contributed by atoms with Gasteiger partial charge in [-0.25, -0.2) is 4.52 Å². The van der Waals surface area contributed by atoms with Crippen molar-refractivity contribution < 1.29 is 19.2 Å². The average molecular weight is 392 g/mol. The second kappa shape index (κ2) is 6.73. The fourth-order valence-corrected chi connectivity index (χ4v) is 3.86. The van der Waals surface area contributed by atoms with E-state index in [0.717, 1.165) is 11.0 Å². The number of nitrogens with zero attached hydrogens (tertiary/aromatic N) is 2. The van der Waals surface area contributed by atoms with Gasteiger partial charge in [0.05, 0.1) is 34.7 Å². The van der Waals surface area contributed by atoms with Crippen LogP contribution in [0.25, 0.3) is 5.52 Å². The molecule has 0 atom stereocenters. The van der Waals surface area contributed by atoms with Crippen LogP contribution in [0, 0.1) is 0 Å². The van der Waals surface area contributed by atoms with E-state index >= 15 is 0 Å². The predicted molar refractivity (Wildman–Crippen MR) is 111 cm³/mol. The maximum Gasteiger partial charge on any atom is 0.497 e. The third-order valence-corrected chi connectivity index (χ3v) is 6.47. The Bertz CT molecular complexity index is 826. The number of aliphatic hydroxyl groups is 1. The van der Waals surface area contributed by atoms with E-state index in [9.17, 15) is 5.11 Å². The van der Waals surface area contributed by atoms with Gasteiger partial charge in [0.25, 0.3) is 0 Å². The monoisotopic (exact) mass is 392 g/mol. The van der Waals surface area contributed by atoms with Crippen molar-refractivity contribution in [1.29, 1.82) is 0 Å². The van der Waals surface area contributed by atoms with E-state index in [1.807, 2.05) is 50.7 Å². The maximum absolute atomic E-state index is 9.99. The highest BCUT2D eigenvalue weighted by atomic mass is 31.1. The zero-order chi connectivity index (χ0) is 20.2. The summed E-state index contributed by atoms with van der Waals surface area (Å²) in [4.78, 5) is 0. The van der Waals surface area contributed by atoms with Gasteiger partial charge in [0.15, 0.2) is 0 Å². The molecule has 1 fully saturated rings. The Morgan fingerprint density at radius 3 is 2.33 bits per heavy atom. The summed E-state index contributed by atoms with van der Waals surface area (Å²) in [5.41, 5.74) is 0.144. The number of ether oxygens (including phenoxy) is 1. The van der Waals surface area contributed by atoms with E-state index in [4.69, 9.17) is 14.0 Å². The van der Waals surface area contributed by atoms with Crippen molar-refractivity contribution in [3.05, 3.63) is 18.5 Å². The predicted octanol–water partition coefficient (Wildman–Crippen LogP) is 2.15. The van der Waals surface area contributed by atoms with Crippen LogP contribution in [0.15, 0.2) is 18.5 Å². The first-order valence-electron chi connectivity index (χ1n) is 9.20. The summed E-state index contributed by atoms with van der Waals surface area (Å²) in [6, 6.07) is 1.95. The van der Waals surface area contributed by atoms with Crippen LogP contribution in [-0.2, 0) is 9.31 Å². The molecule has 0 amide bonds. The first-order chi connectivity index (χ1) is 12.3. The molecule has 1 saturated heterocycles. The first-order valence-corrected chi connectivity index (χ1v) is 11.4. The van der Waals surface area contributed by atoms with Crippen LogP contribution >= 0.6 is 7.92 Å². The molecule has 0 saturated carbocycles. The third kappa shape index (κ3) is 4.02. The summed E-state index contributed by atoms with van der Waals surface area (Å²) in [5.74, 6) is 0.625. The van der Waals surface area contributed by atoms with Gasteiger partial charge >= 0.3 is 7.12 Å². The molecule has 0 aliphatic carbocycles. The Hall–Kier alpha value is -1.14. The van der Waals surface area contributed by atoms with Gasteiger partial charge in [-0.2, -0.15) is 5.10 Å². The highest BCUT2D eigenvalue weighted by molar-refractivity contribution is 7.64. The smallest absolute Gasteiger partial charge is 0.489 e. The SMILES string of the molecule is CP(C)c1cnn2cc(OCC(C)(C)O)cc(B3OC(C)(C)C(C)(C)O3)c12. The van der Waals surface area contributed by atoms with Gasteiger partial charge in [-0.05, 0) is 60.9 Å². The largest absolute Gasteiger partial charge is 0.497 e. The summed E-state index contributed by atoms with van der Waals surface area (Å²) in [6.07, 6.45) is 3.76. The van der Waals surface area contributed by atoms with Gasteiger partial charge in [0.1, 0.15) is 12.4 Å². The van der Waals surface area contributed by atoms with Crippen LogP contribution in [-0.4, -0.2) is 58.6 Å². The highest BCUT2D eigenvalue weighted by Gasteiger charge is 2.52. The van der Waals surface area contributed by atoms with Crippen molar-refractivity contribution in [2.75, 3.05) is 19.9 Å². The quantitative estimate of drug-likeness (QED) is 0.624. The lowest BCUT2D eigenvalue weighted by atomic mass is 9.78. The summed E-state index contributed by atoms with van der Waals surface area (Å²) < 4.78 is 20.3. The van der Waals surface area contributed by atoms with Gasteiger partial charge in [-0.3, -0.25) is 0 Å². The molecule has 0 bridgehead atoms. The van der Waals surface area contributed by atoms with Crippen LogP contribution in [0.1, 0.15) is 41.5 Å². The number of pyridine rings is 1. The van der Waals surface area contributed by atoms with Gasteiger partial charge < -0.3 is 19.2 Å². The van der Waals surface area contributed by atoms with Gasteiger partial charge in [-0.15, -0.1) is 0 Å². The second-order valence-corrected chi connectivity index (χ2v) is 11.3. The lowest BCUT2D eigenvalue weighted by Gasteiger charge is -2.32. The topological polar surface area (TPSA) is 65.2 Å². The zero-order valence-electron chi connectivity index (χ0n) is 17.5. The van der Waals surface area contributed by atoms with Crippen LogP contribution < -0.4 is 15.5 Å². The Balaban J connectivity index is 2.09.